The molecule has 2 atom stereocenters. The zero-order valence-corrected chi connectivity index (χ0v) is 19.5. The molecule has 0 aromatic heterocycles. The third kappa shape index (κ3) is 5.20. The van der Waals surface area contributed by atoms with Gasteiger partial charge in [-0.25, -0.2) is 4.85 Å². The highest BCUT2D eigenvalue weighted by Crippen LogP contribution is 2.37. The molecule has 1 fully saturated rings. The summed E-state index contributed by atoms with van der Waals surface area (Å²) in [7, 11) is 0. The van der Waals surface area contributed by atoms with Gasteiger partial charge >= 0.3 is 0 Å². The van der Waals surface area contributed by atoms with Gasteiger partial charge in [0.25, 0.3) is 0 Å². The fraction of sp³-hybridized carbons (Fsp3) is 0.240. The van der Waals surface area contributed by atoms with E-state index in [2.05, 4.69) is 14.6 Å². The molecule has 1 aliphatic rings. The lowest BCUT2D eigenvalue weighted by molar-refractivity contribution is 0.100. The van der Waals surface area contributed by atoms with Crippen molar-refractivity contribution in [2.75, 3.05) is 31.1 Å². The number of aliphatic hydroxyl groups is 1. The number of piperazine rings is 1. The molecule has 164 valence electrons. The second-order valence-corrected chi connectivity index (χ2v) is 9.12. The van der Waals surface area contributed by atoms with Crippen molar-refractivity contribution in [3.8, 4) is 0 Å². The molecule has 0 saturated carbocycles. The highest BCUT2D eigenvalue weighted by atomic mass is 35.5. The van der Waals surface area contributed by atoms with Gasteiger partial charge in [0.15, 0.2) is 5.69 Å². The molecule has 7 heteroatoms. The van der Waals surface area contributed by atoms with Crippen LogP contribution < -0.4 is 4.90 Å². The molecule has 3 aromatic carbocycles. The summed E-state index contributed by atoms with van der Waals surface area (Å²) in [5, 5.41) is 12.7. The number of β-amino-alcohol motifs (C(OH)–C–C–N with tert-alkyl or cyclic N) is 1. The van der Waals surface area contributed by atoms with Gasteiger partial charge in [-0.15, -0.1) is 0 Å². The van der Waals surface area contributed by atoms with E-state index in [0.29, 0.717) is 27.3 Å². The van der Waals surface area contributed by atoms with E-state index in [1.165, 1.54) is 0 Å². The lowest BCUT2D eigenvalue weighted by Crippen LogP contribution is -2.49. The van der Waals surface area contributed by atoms with Gasteiger partial charge in [-0.3, -0.25) is 4.90 Å². The van der Waals surface area contributed by atoms with Crippen molar-refractivity contribution >= 4 is 46.2 Å². The lowest BCUT2D eigenvalue weighted by atomic mass is 10.00. The summed E-state index contributed by atoms with van der Waals surface area (Å²) in [6.07, 6.45) is -0.633. The van der Waals surface area contributed by atoms with Gasteiger partial charge in [0, 0.05) is 36.2 Å². The van der Waals surface area contributed by atoms with Crippen molar-refractivity contribution in [1.29, 1.82) is 0 Å². The Bertz CT molecular complexity index is 1110. The molecule has 0 amide bonds. The molecular weight excluding hydrogens is 465 g/mol. The van der Waals surface area contributed by atoms with Gasteiger partial charge in [0.2, 0.25) is 0 Å². The predicted molar refractivity (Wildman–Crippen MR) is 132 cm³/mol. The van der Waals surface area contributed by atoms with Crippen LogP contribution in [0.3, 0.4) is 0 Å². The number of nitrogens with zero attached hydrogens (tertiary/aromatic N) is 3. The molecule has 0 radical (unpaired) electrons. The molecule has 3 aromatic rings. The molecule has 1 N–H and O–H groups in total. The van der Waals surface area contributed by atoms with Crippen molar-refractivity contribution in [3.05, 3.63) is 104 Å². The molecule has 0 unspecified atom stereocenters. The Morgan fingerprint density at radius 3 is 2.28 bits per heavy atom. The van der Waals surface area contributed by atoms with Crippen LogP contribution in [0.5, 0.6) is 0 Å². The number of anilines is 1. The van der Waals surface area contributed by atoms with Crippen LogP contribution in [0, 0.1) is 6.57 Å². The van der Waals surface area contributed by atoms with Crippen molar-refractivity contribution in [2.45, 2.75) is 12.1 Å². The average Bonchev–Trinajstić information content (AvgIpc) is 2.80. The first-order chi connectivity index (χ1) is 15.4. The first-order valence-corrected chi connectivity index (χ1v) is 11.4. The monoisotopic (exact) mass is 485 g/mol. The van der Waals surface area contributed by atoms with Crippen molar-refractivity contribution in [3.63, 3.8) is 0 Å². The number of benzene rings is 3. The molecule has 1 aliphatic heterocycles. The molecule has 0 bridgehead atoms. The van der Waals surface area contributed by atoms with Crippen LogP contribution in [0.15, 0.2) is 66.7 Å². The number of rotatable bonds is 5. The summed E-state index contributed by atoms with van der Waals surface area (Å²) >= 11 is 18.8. The maximum absolute atomic E-state index is 10.8. The minimum absolute atomic E-state index is 0.0383. The molecule has 0 spiro atoms. The van der Waals surface area contributed by atoms with E-state index in [1.54, 1.807) is 18.2 Å². The Kier molecular flexibility index (Phi) is 7.25. The topological polar surface area (TPSA) is 31.1 Å². The Morgan fingerprint density at radius 2 is 1.62 bits per heavy atom. The van der Waals surface area contributed by atoms with Crippen LogP contribution in [0.25, 0.3) is 4.85 Å². The summed E-state index contributed by atoms with van der Waals surface area (Å²) in [6, 6.07) is 20.6. The fourth-order valence-corrected chi connectivity index (χ4v) is 4.74. The summed E-state index contributed by atoms with van der Waals surface area (Å²) in [5.41, 5.74) is 3.44. The summed E-state index contributed by atoms with van der Waals surface area (Å²) in [6.45, 7) is 9.83. The van der Waals surface area contributed by atoms with Gasteiger partial charge in [-0.05, 0) is 41.5 Å². The van der Waals surface area contributed by atoms with Crippen LogP contribution in [0.4, 0.5) is 11.4 Å². The zero-order chi connectivity index (χ0) is 22.7. The van der Waals surface area contributed by atoms with E-state index in [4.69, 9.17) is 41.4 Å². The Balaban J connectivity index is 1.56. The Morgan fingerprint density at radius 1 is 0.938 bits per heavy atom. The fourth-order valence-electron chi connectivity index (χ4n) is 4.10. The number of halogens is 3. The van der Waals surface area contributed by atoms with Crippen molar-refractivity contribution in [2.24, 2.45) is 0 Å². The minimum atomic E-state index is -0.633. The molecule has 4 nitrogen and oxygen atoms in total. The highest BCUT2D eigenvalue weighted by molar-refractivity contribution is 6.36. The number of hydrogen-bond donors (Lipinski definition) is 1. The second-order valence-electron chi connectivity index (χ2n) is 7.84. The van der Waals surface area contributed by atoms with Gasteiger partial charge in [-0.2, -0.15) is 0 Å². The van der Waals surface area contributed by atoms with E-state index >= 15 is 0 Å². The maximum atomic E-state index is 10.8. The lowest BCUT2D eigenvalue weighted by Gasteiger charge is -2.44. The molecule has 1 heterocycles. The van der Waals surface area contributed by atoms with Crippen molar-refractivity contribution in [1.82, 2.24) is 4.90 Å². The van der Waals surface area contributed by atoms with Crippen LogP contribution in [-0.4, -0.2) is 36.2 Å². The maximum Gasteiger partial charge on any atom is 0.187 e. The highest BCUT2D eigenvalue weighted by Gasteiger charge is 2.30. The Labute approximate surface area is 203 Å². The summed E-state index contributed by atoms with van der Waals surface area (Å²) in [5.74, 6) is 0. The van der Waals surface area contributed by atoms with Gasteiger partial charge in [-0.1, -0.05) is 71.2 Å². The SMILES string of the molecule is [C-]#[N+]c1ccc([C@H](O)CN2CCN(c3ccc(Cl)cc3Cl)[C@H](c3ccc(Cl)cc3)C2)cc1. The normalized spacial score (nSPS) is 17.7. The van der Waals surface area contributed by atoms with Crippen molar-refractivity contribution < 1.29 is 5.11 Å². The zero-order valence-electron chi connectivity index (χ0n) is 17.3. The predicted octanol–water partition coefficient (Wildman–Crippen LogP) is 6.79. The first kappa shape index (κ1) is 22.9. The smallest absolute Gasteiger partial charge is 0.187 e. The largest absolute Gasteiger partial charge is 0.387 e. The second kappa shape index (κ2) is 10.1. The molecule has 32 heavy (non-hydrogen) atoms. The van der Waals surface area contributed by atoms with Gasteiger partial charge in [0.05, 0.1) is 29.4 Å². The van der Waals surface area contributed by atoms with E-state index in [-0.39, 0.29) is 6.04 Å². The van der Waals surface area contributed by atoms with Crippen LogP contribution in [0.1, 0.15) is 23.3 Å². The van der Waals surface area contributed by atoms with Crippen LogP contribution in [0.2, 0.25) is 15.1 Å². The molecule has 4 rings (SSSR count). The van der Waals surface area contributed by atoms with Crippen LogP contribution >= 0.6 is 34.8 Å². The van der Waals surface area contributed by atoms with E-state index in [9.17, 15) is 5.11 Å². The van der Waals surface area contributed by atoms with Gasteiger partial charge in [0.1, 0.15) is 0 Å². The molecule has 1 saturated heterocycles. The van der Waals surface area contributed by atoms with Crippen LogP contribution in [-0.2, 0) is 0 Å². The Hall–Kier alpha value is -2.26. The van der Waals surface area contributed by atoms with E-state index in [0.717, 1.165) is 36.4 Å². The first-order valence-electron chi connectivity index (χ1n) is 10.3. The minimum Gasteiger partial charge on any atom is -0.387 e. The number of hydrogen-bond acceptors (Lipinski definition) is 3. The third-order valence-electron chi connectivity index (χ3n) is 5.78. The third-order valence-corrected chi connectivity index (χ3v) is 6.57. The standard InChI is InChI=1S/C25H22Cl3N3O/c1-29-21-9-4-18(5-10-21)25(32)16-30-12-13-31(23-11-8-20(27)14-22(23)28)24(15-30)17-2-6-19(26)7-3-17/h2-11,14,24-25,32H,12-13,15-16H2/t24-,25+/m0/s1. The quantitative estimate of drug-likeness (QED) is 0.403. The molecule has 0 aliphatic carbocycles. The summed E-state index contributed by atoms with van der Waals surface area (Å²) < 4.78 is 0. The average molecular weight is 487 g/mol. The summed E-state index contributed by atoms with van der Waals surface area (Å²) in [4.78, 5) is 7.95. The van der Waals surface area contributed by atoms with E-state index < -0.39 is 6.10 Å². The van der Waals surface area contributed by atoms with E-state index in [1.807, 2.05) is 48.5 Å². The van der Waals surface area contributed by atoms with Gasteiger partial charge < -0.3 is 10.0 Å². The number of aliphatic hydroxyl groups excluding tert-OH is 1. The molecular formula is C25H22Cl3N3O.